The Labute approximate surface area is 108 Å². The van der Waals surface area contributed by atoms with E-state index in [2.05, 4.69) is 15.9 Å². The van der Waals surface area contributed by atoms with Gasteiger partial charge in [0.1, 0.15) is 4.48 Å². The summed E-state index contributed by atoms with van der Waals surface area (Å²) in [6.45, 7) is 2.17. The molecule has 86 valence electrons. The Morgan fingerprint density at radius 3 is 2.56 bits per heavy atom. The molecule has 0 aliphatic rings. The lowest BCUT2D eigenvalue weighted by molar-refractivity contribution is -0.137. The first kappa shape index (κ1) is 13.3. The van der Waals surface area contributed by atoms with E-state index in [0.29, 0.717) is 11.1 Å². The lowest BCUT2D eigenvalue weighted by Crippen LogP contribution is -2.02. The van der Waals surface area contributed by atoms with Gasteiger partial charge in [0.2, 0.25) is 0 Å². The molecule has 4 heteroatoms. The zero-order chi connectivity index (χ0) is 12.0. The van der Waals surface area contributed by atoms with Crippen LogP contribution < -0.4 is 0 Å². The standard InChI is InChI=1S/C12H13BrO2S/c1-3-15-12(14)11(13)8-9-4-6-10(16-2)7-5-9/h4-8H,3H2,1-2H3. The Hall–Kier alpha value is -0.740. The minimum atomic E-state index is -0.337. The summed E-state index contributed by atoms with van der Waals surface area (Å²) >= 11 is 4.88. The molecule has 0 spiro atoms. The van der Waals surface area contributed by atoms with Crippen LogP contribution in [0.5, 0.6) is 0 Å². The van der Waals surface area contributed by atoms with Gasteiger partial charge in [-0.3, -0.25) is 0 Å². The van der Waals surface area contributed by atoms with E-state index < -0.39 is 0 Å². The molecule has 0 unspecified atom stereocenters. The molecule has 0 fully saturated rings. The van der Waals surface area contributed by atoms with Crippen LogP contribution in [0.4, 0.5) is 0 Å². The maximum atomic E-state index is 11.3. The van der Waals surface area contributed by atoms with E-state index in [-0.39, 0.29) is 5.97 Å². The Bertz CT molecular complexity index is 385. The summed E-state index contributed by atoms with van der Waals surface area (Å²) < 4.78 is 5.30. The second-order valence-corrected chi connectivity index (χ2v) is 4.72. The first-order valence-electron chi connectivity index (χ1n) is 4.85. The van der Waals surface area contributed by atoms with Gasteiger partial charge in [0.15, 0.2) is 0 Å². The van der Waals surface area contributed by atoms with Crippen molar-refractivity contribution in [3.05, 3.63) is 34.3 Å². The Balaban J connectivity index is 2.77. The topological polar surface area (TPSA) is 26.3 Å². The van der Waals surface area contributed by atoms with E-state index in [1.54, 1.807) is 24.8 Å². The number of thioether (sulfide) groups is 1. The maximum absolute atomic E-state index is 11.3. The molecule has 0 bridgehead atoms. The van der Waals surface area contributed by atoms with Crippen molar-refractivity contribution in [2.24, 2.45) is 0 Å². The molecular formula is C12H13BrO2S. The molecule has 0 heterocycles. The predicted octanol–water partition coefficient (Wildman–Crippen LogP) is 3.71. The minimum absolute atomic E-state index is 0.337. The van der Waals surface area contributed by atoms with Crippen LogP contribution in [0.3, 0.4) is 0 Å². The molecule has 1 rings (SSSR count). The fourth-order valence-electron chi connectivity index (χ4n) is 1.11. The molecule has 1 aromatic carbocycles. The van der Waals surface area contributed by atoms with Gasteiger partial charge in [0.25, 0.3) is 0 Å². The molecule has 0 N–H and O–H groups in total. The molecule has 0 aromatic heterocycles. The van der Waals surface area contributed by atoms with Crippen LogP contribution in [0.25, 0.3) is 6.08 Å². The molecule has 0 atom stereocenters. The van der Waals surface area contributed by atoms with Gasteiger partial charge in [-0.2, -0.15) is 0 Å². The van der Waals surface area contributed by atoms with E-state index in [1.165, 1.54) is 4.90 Å². The average Bonchev–Trinajstić information content (AvgIpc) is 2.30. The highest BCUT2D eigenvalue weighted by Gasteiger charge is 2.05. The van der Waals surface area contributed by atoms with Crippen LogP contribution in [0.1, 0.15) is 12.5 Å². The largest absolute Gasteiger partial charge is 0.462 e. The molecule has 0 saturated carbocycles. The number of hydrogen-bond acceptors (Lipinski definition) is 3. The van der Waals surface area contributed by atoms with Crippen LogP contribution in [0, 0.1) is 0 Å². The molecular weight excluding hydrogens is 288 g/mol. The van der Waals surface area contributed by atoms with E-state index in [4.69, 9.17) is 4.74 Å². The zero-order valence-electron chi connectivity index (χ0n) is 9.20. The number of rotatable bonds is 4. The highest BCUT2D eigenvalue weighted by atomic mass is 79.9. The molecule has 1 aromatic rings. The highest BCUT2D eigenvalue weighted by molar-refractivity contribution is 9.12. The van der Waals surface area contributed by atoms with Crippen LogP contribution in [0.2, 0.25) is 0 Å². The third-order valence-electron chi connectivity index (χ3n) is 1.88. The van der Waals surface area contributed by atoms with Crippen LogP contribution in [-0.2, 0) is 9.53 Å². The number of ether oxygens (including phenoxy) is 1. The first-order chi connectivity index (χ1) is 7.67. The smallest absolute Gasteiger partial charge is 0.345 e. The second kappa shape index (κ2) is 6.76. The van der Waals surface area contributed by atoms with Crippen LogP contribution in [-0.4, -0.2) is 18.8 Å². The van der Waals surface area contributed by atoms with Gasteiger partial charge < -0.3 is 4.74 Å². The van der Waals surface area contributed by atoms with Crippen molar-refractivity contribution < 1.29 is 9.53 Å². The Morgan fingerprint density at radius 1 is 1.44 bits per heavy atom. The number of halogens is 1. The third kappa shape index (κ3) is 4.02. The van der Waals surface area contributed by atoms with Gasteiger partial charge in [-0.1, -0.05) is 12.1 Å². The fourth-order valence-corrected chi connectivity index (χ4v) is 1.89. The van der Waals surface area contributed by atoms with Crippen LogP contribution >= 0.6 is 27.7 Å². The quantitative estimate of drug-likeness (QED) is 0.482. The lowest BCUT2D eigenvalue weighted by Gasteiger charge is -2.01. The van der Waals surface area contributed by atoms with E-state index in [1.807, 2.05) is 30.5 Å². The summed E-state index contributed by atoms with van der Waals surface area (Å²) in [5.41, 5.74) is 0.970. The summed E-state index contributed by atoms with van der Waals surface area (Å²) in [5.74, 6) is -0.337. The molecule has 0 aliphatic carbocycles. The number of esters is 1. The van der Waals surface area contributed by atoms with Crippen molar-refractivity contribution in [1.29, 1.82) is 0 Å². The molecule has 16 heavy (non-hydrogen) atoms. The number of hydrogen-bond donors (Lipinski definition) is 0. The van der Waals surface area contributed by atoms with Gasteiger partial charge in [0.05, 0.1) is 6.61 Å². The fraction of sp³-hybridized carbons (Fsp3) is 0.250. The Kier molecular flexibility index (Phi) is 5.63. The highest BCUT2D eigenvalue weighted by Crippen LogP contribution is 2.18. The first-order valence-corrected chi connectivity index (χ1v) is 6.87. The molecule has 0 saturated heterocycles. The van der Waals surface area contributed by atoms with Crippen molar-refractivity contribution in [3.63, 3.8) is 0 Å². The SMILES string of the molecule is CCOC(=O)C(Br)=Cc1ccc(SC)cc1. The summed E-state index contributed by atoms with van der Waals surface area (Å²) in [6, 6.07) is 7.96. The Morgan fingerprint density at radius 2 is 2.06 bits per heavy atom. The second-order valence-electron chi connectivity index (χ2n) is 2.99. The van der Waals surface area contributed by atoms with Gasteiger partial charge in [-0.05, 0) is 52.9 Å². The lowest BCUT2D eigenvalue weighted by atomic mass is 10.2. The molecule has 0 aliphatic heterocycles. The predicted molar refractivity (Wildman–Crippen MR) is 71.8 cm³/mol. The van der Waals surface area contributed by atoms with Crippen molar-refractivity contribution >= 4 is 39.7 Å². The maximum Gasteiger partial charge on any atom is 0.345 e. The van der Waals surface area contributed by atoms with E-state index in [9.17, 15) is 4.79 Å². The monoisotopic (exact) mass is 300 g/mol. The number of carbonyl (C=O) groups is 1. The van der Waals surface area contributed by atoms with Gasteiger partial charge in [-0.25, -0.2) is 4.79 Å². The third-order valence-corrected chi connectivity index (χ3v) is 3.18. The summed E-state index contributed by atoms with van der Waals surface area (Å²) in [7, 11) is 0. The van der Waals surface area contributed by atoms with Crippen LogP contribution in [0.15, 0.2) is 33.6 Å². The minimum Gasteiger partial charge on any atom is -0.462 e. The van der Waals surface area contributed by atoms with Crippen molar-refractivity contribution in [2.45, 2.75) is 11.8 Å². The van der Waals surface area contributed by atoms with E-state index in [0.717, 1.165) is 5.56 Å². The number of carbonyl (C=O) groups excluding carboxylic acids is 1. The number of benzene rings is 1. The summed E-state index contributed by atoms with van der Waals surface area (Å²) in [4.78, 5) is 12.5. The average molecular weight is 301 g/mol. The van der Waals surface area contributed by atoms with Crippen molar-refractivity contribution in [3.8, 4) is 0 Å². The summed E-state index contributed by atoms with van der Waals surface area (Å²) in [5, 5.41) is 0. The van der Waals surface area contributed by atoms with Gasteiger partial charge in [0, 0.05) is 4.90 Å². The molecule has 0 amide bonds. The van der Waals surface area contributed by atoms with Crippen molar-refractivity contribution in [2.75, 3.05) is 12.9 Å². The molecule has 2 nitrogen and oxygen atoms in total. The van der Waals surface area contributed by atoms with E-state index >= 15 is 0 Å². The van der Waals surface area contributed by atoms with Gasteiger partial charge in [-0.15, -0.1) is 11.8 Å². The van der Waals surface area contributed by atoms with Gasteiger partial charge >= 0.3 is 5.97 Å². The normalized spacial score (nSPS) is 11.3. The molecule has 0 radical (unpaired) electrons. The summed E-state index contributed by atoms with van der Waals surface area (Å²) in [6.07, 6.45) is 3.78. The zero-order valence-corrected chi connectivity index (χ0v) is 11.6. The van der Waals surface area contributed by atoms with Crippen molar-refractivity contribution in [1.82, 2.24) is 0 Å².